The Kier molecular flexibility index (Phi) is 5.50. The molecule has 1 aromatic rings. The van der Waals surface area contributed by atoms with E-state index in [9.17, 15) is 14.4 Å². The average Bonchev–Trinajstić information content (AvgIpc) is 3.22. The summed E-state index contributed by atoms with van der Waals surface area (Å²) in [4.78, 5) is 40.8. The van der Waals surface area contributed by atoms with Crippen LogP contribution in [0.3, 0.4) is 0 Å². The minimum absolute atomic E-state index is 0.127. The number of amides is 2. The maximum absolute atomic E-state index is 13.8. The summed E-state index contributed by atoms with van der Waals surface area (Å²) in [5.74, 6) is 1.86. The Labute approximate surface area is 190 Å². The van der Waals surface area contributed by atoms with Crippen LogP contribution in [0.2, 0.25) is 0 Å². The fourth-order valence-corrected chi connectivity index (χ4v) is 7.16. The number of anilines is 1. The van der Waals surface area contributed by atoms with Crippen molar-refractivity contribution in [3.63, 3.8) is 0 Å². The van der Waals surface area contributed by atoms with Crippen LogP contribution >= 0.6 is 0 Å². The number of nitrogens with one attached hydrogen (secondary N) is 1. The number of likely N-dealkylation sites (tertiary alicyclic amines) is 1. The van der Waals surface area contributed by atoms with E-state index in [2.05, 4.69) is 5.32 Å². The summed E-state index contributed by atoms with van der Waals surface area (Å²) in [5.41, 5.74) is 0.872. The molecule has 0 radical (unpaired) electrons. The Hall–Kier alpha value is -2.37. The zero-order chi connectivity index (χ0) is 22.5. The molecule has 0 spiro atoms. The van der Waals surface area contributed by atoms with Crippen molar-refractivity contribution >= 4 is 23.5 Å². The Morgan fingerprint density at radius 1 is 1.00 bits per heavy atom. The summed E-state index contributed by atoms with van der Waals surface area (Å²) in [7, 11) is 0. The molecule has 5 aliphatic rings. The predicted molar refractivity (Wildman–Crippen MR) is 121 cm³/mol. The molecule has 1 aromatic carbocycles. The van der Waals surface area contributed by atoms with Crippen molar-refractivity contribution in [2.24, 2.45) is 23.2 Å². The maximum atomic E-state index is 13.8. The van der Waals surface area contributed by atoms with Crippen LogP contribution in [0.15, 0.2) is 24.3 Å². The lowest BCUT2D eigenvalue weighted by Gasteiger charge is -2.56. The zero-order valence-corrected chi connectivity index (χ0v) is 19.1. The summed E-state index contributed by atoms with van der Waals surface area (Å²) >= 11 is 0. The molecule has 4 aliphatic carbocycles. The first-order valence-electron chi connectivity index (χ1n) is 12.3. The fourth-order valence-electron chi connectivity index (χ4n) is 7.16. The molecule has 1 aliphatic heterocycles. The Balaban J connectivity index is 1.25. The Bertz CT molecular complexity index is 872. The number of ether oxygens (including phenoxy) is 1. The predicted octanol–water partition coefficient (Wildman–Crippen LogP) is 4.40. The molecule has 1 atom stereocenters. The Morgan fingerprint density at radius 2 is 1.59 bits per heavy atom. The first-order chi connectivity index (χ1) is 15.3. The van der Waals surface area contributed by atoms with Gasteiger partial charge in [-0.15, -0.1) is 0 Å². The highest BCUT2D eigenvalue weighted by molar-refractivity contribution is 5.99. The van der Waals surface area contributed by atoms with E-state index in [1.165, 1.54) is 19.3 Å². The third-order valence-electron chi connectivity index (χ3n) is 8.04. The molecule has 6 nitrogen and oxygen atoms in total. The highest BCUT2D eigenvalue weighted by Gasteiger charge is 2.56. The van der Waals surface area contributed by atoms with Gasteiger partial charge in [-0.05, 0) is 107 Å². The fraction of sp³-hybridized carbons (Fsp3) is 0.654. The van der Waals surface area contributed by atoms with E-state index in [1.54, 1.807) is 24.3 Å². The standard InChI is InChI=1S/C26H34N2O4/c1-16(2)32-24(30)20-5-7-21(8-6-20)27-23(29)22-4-3-9-28(22)25(31)26-13-17-10-18(14-26)12-19(11-17)15-26/h5-8,16-19,22H,3-4,9-15H2,1-2H3,(H,27,29)/t17?,18?,19?,22-,26?/m1/s1. The van der Waals surface area contributed by atoms with Crippen LogP contribution in [0.5, 0.6) is 0 Å². The summed E-state index contributed by atoms with van der Waals surface area (Å²) in [5, 5.41) is 2.96. The topological polar surface area (TPSA) is 75.7 Å². The van der Waals surface area contributed by atoms with Crippen molar-refractivity contribution in [2.45, 2.75) is 77.4 Å². The van der Waals surface area contributed by atoms with Gasteiger partial charge in [0.15, 0.2) is 0 Å². The van der Waals surface area contributed by atoms with Gasteiger partial charge in [-0.3, -0.25) is 9.59 Å². The van der Waals surface area contributed by atoms with Crippen molar-refractivity contribution in [2.75, 3.05) is 11.9 Å². The van der Waals surface area contributed by atoms with Crippen LogP contribution in [-0.2, 0) is 14.3 Å². The highest BCUT2D eigenvalue weighted by atomic mass is 16.5. The molecule has 6 heteroatoms. The van der Waals surface area contributed by atoms with Crippen LogP contribution in [0.1, 0.15) is 75.6 Å². The molecule has 6 rings (SSSR count). The lowest BCUT2D eigenvalue weighted by atomic mass is 9.49. The molecule has 4 saturated carbocycles. The van der Waals surface area contributed by atoms with Gasteiger partial charge in [0.05, 0.1) is 17.1 Å². The minimum atomic E-state index is -0.402. The first-order valence-corrected chi connectivity index (χ1v) is 12.3. The minimum Gasteiger partial charge on any atom is -0.459 e. The molecule has 0 aromatic heterocycles. The summed E-state index contributed by atoms with van der Waals surface area (Å²) in [6.07, 6.45) is 8.38. The van der Waals surface area contributed by atoms with E-state index in [4.69, 9.17) is 4.74 Å². The first kappa shape index (κ1) is 21.5. The van der Waals surface area contributed by atoms with E-state index in [1.807, 2.05) is 18.7 Å². The smallest absolute Gasteiger partial charge is 0.338 e. The van der Waals surface area contributed by atoms with Gasteiger partial charge in [-0.25, -0.2) is 4.79 Å². The number of esters is 1. The van der Waals surface area contributed by atoms with Crippen LogP contribution in [0.25, 0.3) is 0 Å². The largest absolute Gasteiger partial charge is 0.459 e. The zero-order valence-electron chi connectivity index (χ0n) is 19.1. The van der Waals surface area contributed by atoms with Crippen LogP contribution in [0.4, 0.5) is 5.69 Å². The molecule has 172 valence electrons. The molecule has 32 heavy (non-hydrogen) atoms. The summed E-state index contributed by atoms with van der Waals surface area (Å²) in [6.45, 7) is 4.30. The van der Waals surface area contributed by atoms with Crippen LogP contribution < -0.4 is 5.32 Å². The van der Waals surface area contributed by atoms with Crippen molar-refractivity contribution in [3.05, 3.63) is 29.8 Å². The summed E-state index contributed by atoms with van der Waals surface area (Å²) < 4.78 is 5.21. The molecule has 2 amide bonds. The van der Waals surface area contributed by atoms with Gasteiger partial charge in [0.2, 0.25) is 11.8 Å². The highest BCUT2D eigenvalue weighted by Crippen LogP contribution is 2.60. The van der Waals surface area contributed by atoms with Crippen molar-refractivity contribution in [1.82, 2.24) is 4.90 Å². The number of carbonyl (C=O) groups excluding carboxylic acids is 3. The normalized spacial score (nSPS) is 32.9. The molecule has 1 heterocycles. The third-order valence-corrected chi connectivity index (χ3v) is 8.04. The molecular weight excluding hydrogens is 404 g/mol. The summed E-state index contributed by atoms with van der Waals surface area (Å²) in [6, 6.07) is 6.35. The lowest BCUT2D eigenvalue weighted by Crippen LogP contribution is -2.56. The van der Waals surface area contributed by atoms with E-state index in [-0.39, 0.29) is 29.3 Å². The molecule has 1 N–H and O–H groups in total. The van der Waals surface area contributed by atoms with Crippen molar-refractivity contribution in [3.8, 4) is 0 Å². The molecule has 0 unspecified atom stereocenters. The lowest BCUT2D eigenvalue weighted by molar-refractivity contribution is -0.160. The number of benzene rings is 1. The van der Waals surface area contributed by atoms with Gasteiger partial charge in [-0.1, -0.05) is 0 Å². The van der Waals surface area contributed by atoms with Gasteiger partial charge < -0.3 is 15.0 Å². The number of nitrogens with zero attached hydrogens (tertiary/aromatic N) is 1. The third kappa shape index (κ3) is 3.93. The Morgan fingerprint density at radius 3 is 2.16 bits per heavy atom. The number of rotatable bonds is 5. The van der Waals surface area contributed by atoms with Crippen molar-refractivity contribution in [1.29, 1.82) is 0 Å². The molecule has 1 saturated heterocycles. The van der Waals surface area contributed by atoms with E-state index >= 15 is 0 Å². The van der Waals surface area contributed by atoms with Gasteiger partial charge in [-0.2, -0.15) is 0 Å². The monoisotopic (exact) mass is 438 g/mol. The number of carbonyl (C=O) groups is 3. The molecule has 5 fully saturated rings. The van der Waals surface area contributed by atoms with E-state index in [0.717, 1.165) is 25.7 Å². The van der Waals surface area contributed by atoms with Gasteiger partial charge >= 0.3 is 5.97 Å². The van der Waals surface area contributed by atoms with Gasteiger partial charge in [0, 0.05) is 12.2 Å². The second-order valence-corrected chi connectivity index (χ2v) is 10.9. The quantitative estimate of drug-likeness (QED) is 0.692. The second-order valence-electron chi connectivity index (χ2n) is 10.9. The molecule has 4 bridgehead atoms. The van der Waals surface area contributed by atoms with Crippen LogP contribution in [-0.4, -0.2) is 41.4 Å². The number of hydrogen-bond donors (Lipinski definition) is 1. The van der Waals surface area contributed by atoms with Crippen molar-refractivity contribution < 1.29 is 19.1 Å². The maximum Gasteiger partial charge on any atom is 0.338 e. The SMILES string of the molecule is CC(C)OC(=O)c1ccc(NC(=O)[C@H]2CCCN2C(=O)C23CC4CC(CC(C4)C2)C3)cc1. The average molecular weight is 439 g/mol. The van der Waals surface area contributed by atoms with Gasteiger partial charge in [0.1, 0.15) is 6.04 Å². The van der Waals surface area contributed by atoms with Gasteiger partial charge in [0.25, 0.3) is 0 Å². The van der Waals surface area contributed by atoms with E-state index in [0.29, 0.717) is 42.0 Å². The molecular formula is C26H34N2O4. The second kappa shape index (κ2) is 8.20. The van der Waals surface area contributed by atoms with E-state index < -0.39 is 6.04 Å². The number of hydrogen-bond acceptors (Lipinski definition) is 4. The van der Waals surface area contributed by atoms with Crippen LogP contribution in [0, 0.1) is 23.2 Å².